The maximum Gasteiger partial charge on any atom is 0.413 e. The zero-order valence-corrected chi connectivity index (χ0v) is 12.6. The van der Waals surface area contributed by atoms with Gasteiger partial charge < -0.3 is 5.73 Å². The van der Waals surface area contributed by atoms with E-state index in [4.69, 9.17) is 18.0 Å². The van der Waals surface area contributed by atoms with E-state index < -0.39 is 23.2 Å². The molecule has 7 heteroatoms. The van der Waals surface area contributed by atoms with Crippen molar-refractivity contribution in [2.45, 2.75) is 12.2 Å². The maximum absolute atomic E-state index is 13.6. The lowest BCUT2D eigenvalue weighted by Crippen LogP contribution is -2.48. The van der Waals surface area contributed by atoms with Gasteiger partial charge in [-0.1, -0.05) is 48.5 Å². The Kier molecular flexibility index (Phi) is 5.00. The number of hydrogen-bond acceptors (Lipinski definition) is 2. The SMILES string of the molecule is NC(=S)N(C(=O)c1ccccc1)C(c1ccccc1)C(F)(F)F. The zero-order chi connectivity index (χ0) is 17.0. The molecule has 0 bridgehead atoms. The highest BCUT2D eigenvalue weighted by molar-refractivity contribution is 7.80. The molecule has 2 rings (SSSR count). The van der Waals surface area contributed by atoms with Crippen LogP contribution in [0.3, 0.4) is 0 Å². The molecule has 1 amide bonds. The summed E-state index contributed by atoms with van der Waals surface area (Å²) in [6.45, 7) is 0. The van der Waals surface area contributed by atoms with E-state index in [-0.39, 0.29) is 11.1 Å². The molecule has 0 spiro atoms. The normalized spacial score (nSPS) is 12.5. The van der Waals surface area contributed by atoms with Gasteiger partial charge in [0.2, 0.25) is 0 Å². The largest absolute Gasteiger partial charge is 0.413 e. The van der Waals surface area contributed by atoms with Crippen molar-refractivity contribution < 1.29 is 18.0 Å². The Morgan fingerprint density at radius 2 is 1.48 bits per heavy atom. The van der Waals surface area contributed by atoms with E-state index in [0.29, 0.717) is 4.90 Å². The first-order valence-electron chi connectivity index (χ1n) is 6.62. The Morgan fingerprint density at radius 3 is 1.91 bits per heavy atom. The van der Waals surface area contributed by atoms with Crippen LogP contribution in [0.25, 0.3) is 0 Å². The van der Waals surface area contributed by atoms with E-state index in [2.05, 4.69) is 0 Å². The van der Waals surface area contributed by atoms with Crippen LogP contribution < -0.4 is 5.73 Å². The molecule has 0 saturated carbocycles. The van der Waals surface area contributed by atoms with Gasteiger partial charge in [0.05, 0.1) is 0 Å². The fourth-order valence-electron chi connectivity index (χ4n) is 2.18. The molecular weight excluding hydrogens is 325 g/mol. The fourth-order valence-corrected chi connectivity index (χ4v) is 2.37. The summed E-state index contributed by atoms with van der Waals surface area (Å²) >= 11 is 4.72. The second kappa shape index (κ2) is 6.78. The third-order valence-electron chi connectivity index (χ3n) is 3.16. The molecule has 23 heavy (non-hydrogen) atoms. The standard InChI is InChI=1S/C16H13F3N2OS/c17-16(18,19)13(11-7-3-1-4-8-11)21(15(20)23)14(22)12-9-5-2-6-10-12/h1-10,13H,(H2,20,23). The van der Waals surface area contributed by atoms with E-state index in [9.17, 15) is 18.0 Å². The van der Waals surface area contributed by atoms with Gasteiger partial charge in [0, 0.05) is 5.56 Å². The van der Waals surface area contributed by atoms with Crippen LogP contribution in [0.4, 0.5) is 13.2 Å². The predicted octanol–water partition coefficient (Wildman–Crippen LogP) is 3.68. The van der Waals surface area contributed by atoms with Crippen LogP contribution in [0.2, 0.25) is 0 Å². The molecule has 0 aliphatic carbocycles. The number of benzene rings is 2. The van der Waals surface area contributed by atoms with E-state index in [1.807, 2.05) is 0 Å². The molecule has 1 unspecified atom stereocenters. The van der Waals surface area contributed by atoms with Crippen LogP contribution in [-0.2, 0) is 0 Å². The summed E-state index contributed by atoms with van der Waals surface area (Å²) in [7, 11) is 0. The third-order valence-corrected chi connectivity index (χ3v) is 3.36. The molecule has 0 radical (unpaired) electrons. The lowest BCUT2D eigenvalue weighted by molar-refractivity contribution is -0.170. The van der Waals surface area contributed by atoms with Crippen molar-refractivity contribution in [2.75, 3.05) is 0 Å². The van der Waals surface area contributed by atoms with Gasteiger partial charge in [0.15, 0.2) is 11.2 Å². The molecule has 1 atom stereocenters. The second-order valence-electron chi connectivity index (χ2n) is 4.73. The van der Waals surface area contributed by atoms with E-state index in [0.717, 1.165) is 0 Å². The Morgan fingerprint density at radius 1 is 1.00 bits per heavy atom. The van der Waals surface area contributed by atoms with Gasteiger partial charge in [-0.25, -0.2) is 0 Å². The minimum atomic E-state index is -4.73. The number of halogens is 3. The summed E-state index contributed by atoms with van der Waals surface area (Å²) < 4.78 is 40.7. The molecule has 0 aliphatic rings. The zero-order valence-electron chi connectivity index (χ0n) is 11.8. The summed E-state index contributed by atoms with van der Waals surface area (Å²) in [4.78, 5) is 12.9. The molecule has 0 heterocycles. The summed E-state index contributed by atoms with van der Waals surface area (Å²) in [6, 6.07) is 12.4. The summed E-state index contributed by atoms with van der Waals surface area (Å²) in [5.41, 5.74) is 5.41. The second-order valence-corrected chi connectivity index (χ2v) is 5.15. The van der Waals surface area contributed by atoms with E-state index in [1.165, 1.54) is 36.4 Å². The smallest absolute Gasteiger partial charge is 0.376 e. The van der Waals surface area contributed by atoms with Crippen molar-refractivity contribution in [1.82, 2.24) is 4.90 Å². The van der Waals surface area contributed by atoms with Crippen LogP contribution >= 0.6 is 12.2 Å². The number of hydrogen-bond donors (Lipinski definition) is 1. The molecule has 0 aromatic heterocycles. The highest BCUT2D eigenvalue weighted by Gasteiger charge is 2.47. The number of amides is 1. The first-order chi connectivity index (χ1) is 10.8. The van der Waals surface area contributed by atoms with Gasteiger partial charge in [-0.15, -0.1) is 0 Å². The molecule has 120 valence electrons. The van der Waals surface area contributed by atoms with Crippen molar-refractivity contribution in [2.24, 2.45) is 5.73 Å². The molecule has 3 nitrogen and oxygen atoms in total. The molecule has 0 saturated heterocycles. The Labute approximate surface area is 136 Å². The highest BCUT2D eigenvalue weighted by Crippen LogP contribution is 2.38. The Hall–Kier alpha value is -2.41. The van der Waals surface area contributed by atoms with Crippen LogP contribution in [0, 0.1) is 0 Å². The third kappa shape index (κ3) is 3.87. The van der Waals surface area contributed by atoms with Crippen molar-refractivity contribution in [1.29, 1.82) is 0 Å². The monoisotopic (exact) mass is 338 g/mol. The van der Waals surface area contributed by atoms with Gasteiger partial charge >= 0.3 is 6.18 Å². The first-order valence-corrected chi connectivity index (χ1v) is 7.03. The maximum atomic E-state index is 13.6. The molecular formula is C16H13F3N2OS. The van der Waals surface area contributed by atoms with Crippen molar-refractivity contribution >= 4 is 23.2 Å². The van der Waals surface area contributed by atoms with Crippen molar-refractivity contribution in [3.05, 3.63) is 71.8 Å². The Balaban J connectivity index is 2.52. The van der Waals surface area contributed by atoms with Crippen molar-refractivity contribution in [3.63, 3.8) is 0 Å². The minimum absolute atomic E-state index is 0.0745. The van der Waals surface area contributed by atoms with Gasteiger partial charge in [-0.05, 0) is 29.9 Å². The molecule has 0 aliphatic heterocycles. The lowest BCUT2D eigenvalue weighted by atomic mass is 10.0. The van der Waals surface area contributed by atoms with Gasteiger partial charge in [0.1, 0.15) is 0 Å². The summed E-state index contributed by atoms with van der Waals surface area (Å²) in [5.74, 6) is -0.899. The first kappa shape index (κ1) is 17.0. The average Bonchev–Trinajstić information content (AvgIpc) is 2.52. The highest BCUT2D eigenvalue weighted by atomic mass is 32.1. The van der Waals surface area contributed by atoms with Crippen LogP contribution in [0.1, 0.15) is 22.0 Å². The van der Waals surface area contributed by atoms with Gasteiger partial charge in [-0.3, -0.25) is 9.69 Å². The summed E-state index contributed by atoms with van der Waals surface area (Å²) in [5, 5.41) is -0.634. The molecule has 0 fully saturated rings. The number of thiocarbonyl (C=S) groups is 1. The number of carbonyl (C=O) groups excluding carboxylic acids is 1. The van der Waals surface area contributed by atoms with Gasteiger partial charge in [-0.2, -0.15) is 13.2 Å². The van der Waals surface area contributed by atoms with Gasteiger partial charge in [0.25, 0.3) is 5.91 Å². The number of nitrogens with two attached hydrogens (primary N) is 1. The van der Waals surface area contributed by atoms with E-state index >= 15 is 0 Å². The molecule has 2 N–H and O–H groups in total. The predicted molar refractivity (Wildman–Crippen MR) is 84.6 cm³/mol. The summed E-state index contributed by atoms with van der Waals surface area (Å²) in [6.07, 6.45) is -4.73. The quantitative estimate of drug-likeness (QED) is 0.869. The average molecular weight is 338 g/mol. The van der Waals surface area contributed by atoms with E-state index in [1.54, 1.807) is 24.3 Å². The Bertz CT molecular complexity index is 689. The fraction of sp³-hybridized carbons (Fsp3) is 0.125. The molecule has 2 aromatic carbocycles. The lowest BCUT2D eigenvalue weighted by Gasteiger charge is -2.32. The number of nitrogens with zero attached hydrogens (tertiary/aromatic N) is 1. The van der Waals surface area contributed by atoms with Crippen molar-refractivity contribution in [3.8, 4) is 0 Å². The topological polar surface area (TPSA) is 46.3 Å². The number of rotatable bonds is 3. The number of alkyl halides is 3. The van der Waals surface area contributed by atoms with Crippen LogP contribution in [0.5, 0.6) is 0 Å². The minimum Gasteiger partial charge on any atom is -0.376 e. The number of carbonyl (C=O) groups is 1. The van der Waals surface area contributed by atoms with Crippen LogP contribution in [-0.4, -0.2) is 22.1 Å². The molecule has 2 aromatic rings. The van der Waals surface area contributed by atoms with Crippen LogP contribution in [0.15, 0.2) is 60.7 Å².